The third kappa shape index (κ3) is 4.32. The minimum atomic E-state index is 0.687. The van der Waals surface area contributed by atoms with Crippen LogP contribution in [0.5, 0.6) is 0 Å². The van der Waals surface area contributed by atoms with Gasteiger partial charge in [-0.05, 0) is 59.1 Å². The van der Waals surface area contributed by atoms with Crippen LogP contribution in [-0.2, 0) is 13.0 Å². The van der Waals surface area contributed by atoms with E-state index in [2.05, 4.69) is 22.1 Å². The van der Waals surface area contributed by atoms with E-state index in [1.807, 2.05) is 12.1 Å². The summed E-state index contributed by atoms with van der Waals surface area (Å²) in [6.07, 6.45) is 1.05. The third-order valence-corrected chi connectivity index (χ3v) is 3.59. The fourth-order valence-corrected chi connectivity index (χ4v) is 2.89. The van der Waals surface area contributed by atoms with Gasteiger partial charge in [0.15, 0.2) is 0 Å². The highest BCUT2D eigenvalue weighted by atomic mass is 35.5. The van der Waals surface area contributed by atoms with Gasteiger partial charge in [0.25, 0.3) is 0 Å². The van der Waals surface area contributed by atoms with Gasteiger partial charge in [-0.15, -0.1) is 0 Å². The maximum absolute atomic E-state index is 5.93. The highest BCUT2D eigenvalue weighted by Crippen LogP contribution is 2.18. The van der Waals surface area contributed by atoms with E-state index < -0.39 is 0 Å². The Morgan fingerprint density at radius 1 is 1.06 bits per heavy atom. The Balaban J connectivity index is 1.78. The predicted molar refractivity (Wildman–Crippen MR) is 76.2 cm³/mol. The van der Waals surface area contributed by atoms with Crippen LogP contribution in [0.25, 0.3) is 0 Å². The van der Waals surface area contributed by atoms with E-state index in [1.165, 1.54) is 5.56 Å². The van der Waals surface area contributed by atoms with Crippen LogP contribution in [-0.4, -0.2) is 6.54 Å². The molecule has 0 fully saturated rings. The summed E-state index contributed by atoms with van der Waals surface area (Å²) in [4.78, 5) is 0. The van der Waals surface area contributed by atoms with Gasteiger partial charge in [0.05, 0.1) is 0 Å². The van der Waals surface area contributed by atoms with Crippen molar-refractivity contribution >= 4 is 34.5 Å². The highest BCUT2D eigenvalue weighted by molar-refractivity contribution is 7.07. The topological polar surface area (TPSA) is 12.0 Å². The van der Waals surface area contributed by atoms with Gasteiger partial charge in [0, 0.05) is 16.6 Å². The van der Waals surface area contributed by atoms with Crippen LogP contribution in [0.15, 0.2) is 35.0 Å². The lowest BCUT2D eigenvalue weighted by atomic mass is 10.2. The van der Waals surface area contributed by atoms with Crippen molar-refractivity contribution in [3.8, 4) is 0 Å². The number of halogens is 2. The summed E-state index contributed by atoms with van der Waals surface area (Å²) in [5.74, 6) is 0. The smallest absolute Gasteiger partial charge is 0.0424 e. The summed E-state index contributed by atoms with van der Waals surface area (Å²) < 4.78 is 0. The molecule has 1 heterocycles. The zero-order valence-electron chi connectivity index (χ0n) is 9.25. The lowest BCUT2D eigenvalue weighted by Gasteiger charge is -2.05. The average molecular weight is 286 g/mol. The zero-order chi connectivity index (χ0) is 12.1. The van der Waals surface area contributed by atoms with E-state index in [0.717, 1.165) is 25.1 Å². The fourth-order valence-electron chi connectivity index (χ4n) is 1.61. The molecule has 17 heavy (non-hydrogen) atoms. The first kappa shape index (κ1) is 12.9. The standard InChI is InChI=1S/C13H13Cl2NS/c14-12-5-11(6-13(15)7-12)8-16-3-1-10-2-4-17-9-10/h2,4-7,9,16H,1,3,8H2. The molecule has 2 aromatic rings. The minimum Gasteiger partial charge on any atom is -0.312 e. The first-order valence-electron chi connectivity index (χ1n) is 5.41. The third-order valence-electron chi connectivity index (χ3n) is 2.42. The van der Waals surface area contributed by atoms with Crippen molar-refractivity contribution in [2.75, 3.05) is 6.54 Å². The highest BCUT2D eigenvalue weighted by Gasteiger charge is 1.98. The first-order chi connectivity index (χ1) is 8.24. The predicted octanol–water partition coefficient (Wildman–Crippen LogP) is 4.39. The lowest BCUT2D eigenvalue weighted by Crippen LogP contribution is -2.16. The SMILES string of the molecule is Clc1cc(Cl)cc(CNCCc2ccsc2)c1. The van der Waals surface area contributed by atoms with E-state index in [4.69, 9.17) is 23.2 Å². The Bertz CT molecular complexity index is 448. The van der Waals surface area contributed by atoms with Gasteiger partial charge in [-0.3, -0.25) is 0 Å². The molecule has 1 aromatic carbocycles. The second-order valence-corrected chi connectivity index (χ2v) is 5.49. The van der Waals surface area contributed by atoms with Crippen LogP contribution in [0, 0.1) is 0 Å². The maximum Gasteiger partial charge on any atom is 0.0424 e. The van der Waals surface area contributed by atoms with Crippen molar-refractivity contribution in [3.05, 3.63) is 56.2 Å². The van der Waals surface area contributed by atoms with Crippen molar-refractivity contribution in [1.82, 2.24) is 5.32 Å². The molecule has 0 aliphatic rings. The minimum absolute atomic E-state index is 0.687. The molecule has 0 aliphatic heterocycles. The molecule has 0 spiro atoms. The Morgan fingerprint density at radius 2 is 1.82 bits per heavy atom. The Kier molecular flexibility index (Phi) is 4.86. The average Bonchev–Trinajstić information content (AvgIpc) is 2.76. The van der Waals surface area contributed by atoms with Gasteiger partial charge >= 0.3 is 0 Å². The summed E-state index contributed by atoms with van der Waals surface area (Å²) in [5, 5.41) is 9.04. The van der Waals surface area contributed by atoms with Crippen LogP contribution in [0.3, 0.4) is 0 Å². The Morgan fingerprint density at radius 3 is 2.47 bits per heavy atom. The van der Waals surface area contributed by atoms with Crippen LogP contribution in [0.2, 0.25) is 10.0 Å². The molecule has 0 amide bonds. The molecule has 0 atom stereocenters. The number of thiophene rings is 1. The first-order valence-corrected chi connectivity index (χ1v) is 7.11. The molecule has 2 rings (SSSR count). The van der Waals surface area contributed by atoms with Gasteiger partial charge in [0.1, 0.15) is 0 Å². The molecule has 0 radical (unpaired) electrons. The van der Waals surface area contributed by atoms with Crippen molar-refractivity contribution < 1.29 is 0 Å². The summed E-state index contributed by atoms with van der Waals surface area (Å²) in [6, 6.07) is 7.77. The molecular weight excluding hydrogens is 273 g/mol. The number of rotatable bonds is 5. The molecule has 0 saturated carbocycles. The molecule has 0 bridgehead atoms. The number of nitrogens with one attached hydrogen (secondary N) is 1. The summed E-state index contributed by atoms with van der Waals surface area (Å²) >= 11 is 13.6. The molecule has 90 valence electrons. The molecule has 4 heteroatoms. The van der Waals surface area contributed by atoms with Gasteiger partial charge in [0.2, 0.25) is 0 Å². The maximum atomic E-state index is 5.93. The van der Waals surface area contributed by atoms with E-state index in [-0.39, 0.29) is 0 Å². The number of benzene rings is 1. The zero-order valence-corrected chi connectivity index (χ0v) is 11.6. The monoisotopic (exact) mass is 285 g/mol. The molecule has 1 aromatic heterocycles. The molecular formula is C13H13Cl2NS. The van der Waals surface area contributed by atoms with E-state index >= 15 is 0 Å². The van der Waals surface area contributed by atoms with Crippen LogP contribution in [0.4, 0.5) is 0 Å². The summed E-state index contributed by atoms with van der Waals surface area (Å²) in [5.41, 5.74) is 2.50. The van der Waals surface area contributed by atoms with E-state index in [0.29, 0.717) is 10.0 Å². The Hall–Kier alpha value is -0.540. The van der Waals surface area contributed by atoms with Crippen LogP contribution < -0.4 is 5.32 Å². The molecule has 0 aliphatic carbocycles. The van der Waals surface area contributed by atoms with Crippen molar-refractivity contribution in [3.63, 3.8) is 0 Å². The molecule has 1 N–H and O–H groups in total. The number of hydrogen-bond acceptors (Lipinski definition) is 2. The number of hydrogen-bond donors (Lipinski definition) is 1. The quantitative estimate of drug-likeness (QED) is 0.804. The second kappa shape index (κ2) is 6.41. The molecule has 0 saturated heterocycles. The van der Waals surface area contributed by atoms with Gasteiger partial charge in [-0.1, -0.05) is 23.2 Å². The van der Waals surface area contributed by atoms with Gasteiger partial charge < -0.3 is 5.32 Å². The lowest BCUT2D eigenvalue weighted by molar-refractivity contribution is 0.688. The Labute approximate surface area is 115 Å². The summed E-state index contributed by atoms with van der Waals surface area (Å²) in [7, 11) is 0. The second-order valence-electron chi connectivity index (χ2n) is 3.84. The van der Waals surface area contributed by atoms with Crippen LogP contribution >= 0.6 is 34.5 Å². The van der Waals surface area contributed by atoms with E-state index in [9.17, 15) is 0 Å². The molecule has 0 unspecified atom stereocenters. The van der Waals surface area contributed by atoms with Gasteiger partial charge in [-0.2, -0.15) is 11.3 Å². The fraction of sp³-hybridized carbons (Fsp3) is 0.231. The van der Waals surface area contributed by atoms with Crippen LogP contribution in [0.1, 0.15) is 11.1 Å². The van der Waals surface area contributed by atoms with Crippen molar-refractivity contribution in [2.45, 2.75) is 13.0 Å². The van der Waals surface area contributed by atoms with Gasteiger partial charge in [-0.25, -0.2) is 0 Å². The normalized spacial score (nSPS) is 10.7. The van der Waals surface area contributed by atoms with Crippen molar-refractivity contribution in [2.24, 2.45) is 0 Å². The summed E-state index contributed by atoms with van der Waals surface area (Å²) in [6.45, 7) is 1.76. The van der Waals surface area contributed by atoms with E-state index in [1.54, 1.807) is 17.4 Å². The largest absolute Gasteiger partial charge is 0.312 e. The van der Waals surface area contributed by atoms with Crippen molar-refractivity contribution in [1.29, 1.82) is 0 Å². The molecule has 1 nitrogen and oxygen atoms in total.